The molecule has 0 saturated heterocycles. The average Bonchev–Trinajstić information content (AvgIpc) is 2.36. The average molecular weight is 236 g/mol. The Kier molecular flexibility index (Phi) is 5.07. The Hall–Kier alpha value is -1.97. The predicted octanol–water partition coefficient (Wildman–Crippen LogP) is 2.01. The molecule has 0 aliphatic heterocycles. The predicted molar refractivity (Wildman–Crippen MR) is 65.0 cm³/mol. The van der Waals surface area contributed by atoms with Gasteiger partial charge in [-0.15, -0.1) is 6.58 Å². The van der Waals surface area contributed by atoms with E-state index >= 15 is 0 Å². The number of ether oxygens (including phenoxy) is 3. The van der Waals surface area contributed by atoms with Crippen LogP contribution in [0.25, 0.3) is 0 Å². The van der Waals surface area contributed by atoms with E-state index in [9.17, 15) is 4.79 Å². The lowest BCUT2D eigenvalue weighted by atomic mass is 10.1. The molecule has 1 aromatic carbocycles. The Morgan fingerprint density at radius 3 is 2.24 bits per heavy atom. The third kappa shape index (κ3) is 3.24. The molecule has 4 nitrogen and oxygen atoms in total. The third-order valence-corrected chi connectivity index (χ3v) is 2.20. The summed E-state index contributed by atoms with van der Waals surface area (Å²) >= 11 is 0. The van der Waals surface area contributed by atoms with E-state index in [2.05, 4.69) is 6.58 Å². The fourth-order valence-corrected chi connectivity index (χ4v) is 1.48. The fraction of sp³-hybridized carbons (Fsp3) is 0.308. The van der Waals surface area contributed by atoms with Gasteiger partial charge in [0.15, 0.2) is 17.8 Å². The summed E-state index contributed by atoms with van der Waals surface area (Å²) in [5, 5.41) is 0. The van der Waals surface area contributed by atoms with Gasteiger partial charge in [-0.05, 0) is 24.1 Å². The first-order valence-electron chi connectivity index (χ1n) is 5.19. The van der Waals surface area contributed by atoms with Gasteiger partial charge < -0.3 is 14.2 Å². The lowest BCUT2D eigenvalue weighted by Crippen LogP contribution is -2.02. The van der Waals surface area contributed by atoms with Gasteiger partial charge in [0, 0.05) is 0 Å². The molecule has 0 amide bonds. The maximum absolute atomic E-state index is 10.3. The molecule has 0 atom stereocenters. The van der Waals surface area contributed by atoms with Crippen LogP contribution in [0.5, 0.6) is 17.2 Å². The van der Waals surface area contributed by atoms with E-state index in [1.807, 2.05) is 12.1 Å². The molecule has 1 aromatic rings. The van der Waals surface area contributed by atoms with Crippen LogP contribution in [-0.2, 0) is 11.2 Å². The second-order valence-electron chi connectivity index (χ2n) is 3.30. The summed E-state index contributed by atoms with van der Waals surface area (Å²) < 4.78 is 15.7. The number of aldehydes is 1. The topological polar surface area (TPSA) is 44.8 Å². The molecule has 92 valence electrons. The molecule has 17 heavy (non-hydrogen) atoms. The molecule has 0 fully saturated rings. The van der Waals surface area contributed by atoms with Gasteiger partial charge in [-0.2, -0.15) is 0 Å². The molecule has 0 spiro atoms. The Morgan fingerprint density at radius 1 is 1.24 bits per heavy atom. The van der Waals surface area contributed by atoms with Gasteiger partial charge in [-0.1, -0.05) is 6.08 Å². The molecule has 0 heterocycles. The Labute approximate surface area is 101 Å². The van der Waals surface area contributed by atoms with Gasteiger partial charge in [0.2, 0.25) is 5.75 Å². The zero-order valence-electron chi connectivity index (χ0n) is 10.1. The molecule has 0 saturated carbocycles. The summed E-state index contributed by atoms with van der Waals surface area (Å²) in [7, 11) is 3.08. The highest BCUT2D eigenvalue weighted by molar-refractivity contribution is 5.57. The highest BCUT2D eigenvalue weighted by Crippen LogP contribution is 2.38. The smallest absolute Gasteiger partial charge is 0.203 e. The van der Waals surface area contributed by atoms with Crippen LogP contribution in [0.2, 0.25) is 0 Å². The highest BCUT2D eigenvalue weighted by Gasteiger charge is 2.13. The van der Waals surface area contributed by atoms with Crippen molar-refractivity contribution in [1.82, 2.24) is 0 Å². The van der Waals surface area contributed by atoms with Crippen molar-refractivity contribution in [1.29, 1.82) is 0 Å². The van der Waals surface area contributed by atoms with Crippen LogP contribution in [-0.4, -0.2) is 27.1 Å². The monoisotopic (exact) mass is 236 g/mol. The van der Waals surface area contributed by atoms with E-state index in [0.717, 1.165) is 5.56 Å². The largest absolute Gasteiger partial charge is 0.493 e. The summed E-state index contributed by atoms with van der Waals surface area (Å²) in [6, 6.07) is 3.68. The first-order chi connectivity index (χ1) is 8.26. The van der Waals surface area contributed by atoms with Crippen LogP contribution >= 0.6 is 0 Å². The molecule has 1 rings (SSSR count). The minimum atomic E-state index is -0.0342. The number of rotatable bonds is 7. The van der Waals surface area contributed by atoms with Gasteiger partial charge in [-0.25, -0.2) is 0 Å². The quantitative estimate of drug-likeness (QED) is 0.536. The van der Waals surface area contributed by atoms with Crippen LogP contribution < -0.4 is 14.2 Å². The standard InChI is InChI=1S/C13H16O4/c1-4-5-10-8-11(15-2)13(17-7-6-14)12(9-10)16-3/h4,6,8-9H,1,5,7H2,2-3H3. The molecular weight excluding hydrogens is 220 g/mol. The maximum Gasteiger partial charge on any atom is 0.203 e. The van der Waals surface area contributed by atoms with Crippen molar-refractivity contribution in [2.75, 3.05) is 20.8 Å². The molecule has 0 aliphatic carbocycles. The molecule has 0 radical (unpaired) electrons. The SMILES string of the molecule is C=CCc1cc(OC)c(OCC=O)c(OC)c1. The van der Waals surface area contributed by atoms with E-state index in [4.69, 9.17) is 14.2 Å². The number of hydrogen-bond donors (Lipinski definition) is 0. The molecular formula is C13H16O4. The van der Waals surface area contributed by atoms with Crippen LogP contribution in [0.4, 0.5) is 0 Å². The van der Waals surface area contributed by atoms with Crippen LogP contribution in [0.1, 0.15) is 5.56 Å². The second-order valence-corrected chi connectivity index (χ2v) is 3.30. The number of hydrogen-bond acceptors (Lipinski definition) is 4. The van der Waals surface area contributed by atoms with Crippen molar-refractivity contribution in [2.45, 2.75) is 6.42 Å². The lowest BCUT2D eigenvalue weighted by Gasteiger charge is -2.14. The van der Waals surface area contributed by atoms with Gasteiger partial charge in [0.25, 0.3) is 0 Å². The van der Waals surface area contributed by atoms with Crippen molar-refractivity contribution >= 4 is 6.29 Å². The van der Waals surface area contributed by atoms with E-state index < -0.39 is 0 Å². The van der Waals surface area contributed by atoms with Crippen LogP contribution in [0, 0.1) is 0 Å². The molecule has 0 aliphatic rings. The van der Waals surface area contributed by atoms with Crippen molar-refractivity contribution in [3.8, 4) is 17.2 Å². The number of carbonyl (C=O) groups excluding carboxylic acids is 1. The zero-order chi connectivity index (χ0) is 12.7. The van der Waals surface area contributed by atoms with Gasteiger partial charge in [-0.3, -0.25) is 4.79 Å². The van der Waals surface area contributed by atoms with Crippen molar-refractivity contribution in [2.24, 2.45) is 0 Å². The summed E-state index contributed by atoms with van der Waals surface area (Å²) in [5.41, 5.74) is 1.01. The first kappa shape index (κ1) is 13.1. The lowest BCUT2D eigenvalue weighted by molar-refractivity contribution is -0.109. The maximum atomic E-state index is 10.3. The first-order valence-corrected chi connectivity index (χ1v) is 5.19. The zero-order valence-corrected chi connectivity index (χ0v) is 10.1. The Morgan fingerprint density at radius 2 is 1.82 bits per heavy atom. The number of benzene rings is 1. The number of allylic oxidation sites excluding steroid dienone is 1. The third-order valence-electron chi connectivity index (χ3n) is 2.20. The van der Waals surface area contributed by atoms with Crippen LogP contribution in [0.3, 0.4) is 0 Å². The van der Waals surface area contributed by atoms with E-state index in [1.54, 1.807) is 20.3 Å². The fourth-order valence-electron chi connectivity index (χ4n) is 1.48. The molecule has 0 N–H and O–H groups in total. The molecule has 4 heteroatoms. The highest BCUT2D eigenvalue weighted by atomic mass is 16.5. The normalized spacial score (nSPS) is 9.53. The summed E-state index contributed by atoms with van der Waals surface area (Å²) in [6.07, 6.45) is 3.18. The van der Waals surface area contributed by atoms with Gasteiger partial charge in [0.05, 0.1) is 14.2 Å². The molecule has 0 unspecified atom stereocenters. The Bertz CT molecular complexity index is 373. The van der Waals surface area contributed by atoms with Crippen LogP contribution in [0.15, 0.2) is 24.8 Å². The van der Waals surface area contributed by atoms with Crippen molar-refractivity contribution < 1.29 is 19.0 Å². The molecule has 0 aromatic heterocycles. The number of methoxy groups -OCH3 is 2. The minimum Gasteiger partial charge on any atom is -0.493 e. The summed E-state index contributed by atoms with van der Waals surface area (Å²) in [4.78, 5) is 10.3. The van der Waals surface area contributed by atoms with Crippen molar-refractivity contribution in [3.63, 3.8) is 0 Å². The second kappa shape index (κ2) is 6.58. The number of carbonyl (C=O) groups is 1. The summed E-state index contributed by atoms with van der Waals surface area (Å²) in [6.45, 7) is 3.65. The van der Waals surface area contributed by atoms with E-state index in [0.29, 0.717) is 30.0 Å². The van der Waals surface area contributed by atoms with Crippen molar-refractivity contribution in [3.05, 3.63) is 30.4 Å². The Balaban J connectivity index is 3.15. The molecule has 0 bridgehead atoms. The summed E-state index contributed by atoms with van der Waals surface area (Å²) in [5.74, 6) is 1.53. The van der Waals surface area contributed by atoms with Gasteiger partial charge in [0.1, 0.15) is 6.61 Å². The van der Waals surface area contributed by atoms with E-state index in [1.165, 1.54) is 0 Å². The minimum absolute atomic E-state index is 0.0342. The van der Waals surface area contributed by atoms with E-state index in [-0.39, 0.29) is 6.61 Å². The van der Waals surface area contributed by atoms with Gasteiger partial charge >= 0.3 is 0 Å².